The molecule has 1 aliphatic heterocycles. The van der Waals surface area contributed by atoms with Crippen LogP contribution in [0.4, 0.5) is 0 Å². The van der Waals surface area contributed by atoms with Gasteiger partial charge in [0.15, 0.2) is 5.17 Å². The van der Waals surface area contributed by atoms with E-state index in [9.17, 15) is 0 Å². The molecule has 1 heterocycles. The van der Waals surface area contributed by atoms with E-state index in [2.05, 4.69) is 8.80 Å². The van der Waals surface area contributed by atoms with Crippen LogP contribution in [-0.4, -0.2) is 10.9 Å². The minimum Gasteiger partial charge on any atom is -0.192 e. The molecule has 0 spiro atoms. The molecule has 4 nitrogen and oxygen atoms in total. The van der Waals surface area contributed by atoms with Crippen LogP contribution in [0.1, 0.15) is 5.56 Å². The van der Waals surface area contributed by atoms with Crippen molar-refractivity contribution >= 4 is 34.6 Å². The lowest BCUT2D eigenvalue weighted by Crippen LogP contribution is -2.14. The van der Waals surface area contributed by atoms with E-state index in [1.54, 1.807) is 0 Å². The van der Waals surface area contributed by atoms with Gasteiger partial charge in [-0.2, -0.15) is 19.3 Å². The van der Waals surface area contributed by atoms with Gasteiger partial charge in [0, 0.05) is 5.56 Å². The number of allylic oxidation sites excluding steroid dienone is 2. The fraction of sp³-hybridized carbons (Fsp3) is 0. The Morgan fingerprint density at radius 3 is 2.39 bits per heavy atom. The van der Waals surface area contributed by atoms with Crippen LogP contribution in [-0.2, 0) is 0 Å². The number of hydrogen-bond acceptors (Lipinski definition) is 5. The van der Waals surface area contributed by atoms with E-state index in [0.29, 0.717) is 5.71 Å². The van der Waals surface area contributed by atoms with Crippen LogP contribution in [0.25, 0.3) is 0 Å². The number of rotatable bonds is 1. The van der Waals surface area contributed by atoms with Crippen molar-refractivity contribution in [3.8, 4) is 12.1 Å². The first-order valence-corrected chi connectivity index (χ1v) is 5.97. The molecule has 0 fully saturated rings. The zero-order valence-corrected chi connectivity index (χ0v) is 10.5. The van der Waals surface area contributed by atoms with E-state index in [4.69, 9.17) is 22.1 Å². The van der Waals surface area contributed by atoms with Crippen LogP contribution in [0.2, 0.25) is 0 Å². The molecular weight excluding hydrogens is 268 g/mol. The monoisotopic (exact) mass is 272 g/mol. The van der Waals surface area contributed by atoms with Crippen molar-refractivity contribution in [1.29, 1.82) is 10.5 Å². The predicted molar refractivity (Wildman–Crippen MR) is 72.1 cm³/mol. The fourth-order valence-electron chi connectivity index (χ4n) is 1.44. The summed E-state index contributed by atoms with van der Waals surface area (Å²) in [4.78, 5) is 0. The van der Waals surface area contributed by atoms with Gasteiger partial charge in [-0.1, -0.05) is 41.9 Å². The summed E-state index contributed by atoms with van der Waals surface area (Å²) in [5.74, 6) is 0. The van der Waals surface area contributed by atoms with E-state index in [1.807, 2.05) is 42.5 Å². The molecule has 1 aliphatic rings. The number of benzene rings is 1. The van der Waals surface area contributed by atoms with Crippen molar-refractivity contribution < 1.29 is 0 Å². The van der Waals surface area contributed by atoms with Crippen molar-refractivity contribution in [3.05, 3.63) is 47.0 Å². The van der Waals surface area contributed by atoms with E-state index in [0.717, 1.165) is 17.7 Å². The largest absolute Gasteiger partial charge is 0.192 e. The molecule has 0 radical (unpaired) electrons. The second-order valence-corrected chi connectivity index (χ2v) is 4.13. The molecule has 0 atom stereocenters. The van der Waals surface area contributed by atoms with Crippen molar-refractivity contribution in [2.45, 2.75) is 0 Å². The highest BCUT2D eigenvalue weighted by atomic mass is 35.5. The first kappa shape index (κ1) is 12.4. The molecule has 18 heavy (non-hydrogen) atoms. The summed E-state index contributed by atoms with van der Waals surface area (Å²) in [5, 5.41) is 18.0. The first-order valence-electron chi connectivity index (χ1n) is 4.86. The van der Waals surface area contributed by atoms with Crippen LogP contribution in [0, 0.1) is 22.7 Å². The summed E-state index contributed by atoms with van der Waals surface area (Å²) >= 11 is 6.91. The fourth-order valence-corrected chi connectivity index (χ4v) is 2.20. The van der Waals surface area contributed by atoms with Gasteiger partial charge in [0.1, 0.15) is 29.8 Å². The van der Waals surface area contributed by atoms with Gasteiger partial charge < -0.3 is 0 Å². The zero-order valence-electron chi connectivity index (χ0n) is 8.96. The number of halogens is 1. The van der Waals surface area contributed by atoms with Gasteiger partial charge in [-0.05, 0) is 0 Å². The molecule has 0 aliphatic carbocycles. The Hall–Kier alpha value is -2.08. The van der Waals surface area contributed by atoms with Crippen molar-refractivity contribution in [3.63, 3.8) is 0 Å². The summed E-state index contributed by atoms with van der Waals surface area (Å²) in [7, 11) is 0. The maximum absolute atomic E-state index is 8.95. The molecule has 6 heteroatoms. The predicted octanol–water partition coefficient (Wildman–Crippen LogP) is 3.03. The number of nitriles is 2. The van der Waals surface area contributed by atoms with Crippen LogP contribution in [0.5, 0.6) is 0 Å². The molecule has 0 amide bonds. The molecule has 0 unspecified atom stereocenters. The minimum atomic E-state index is -0.0911. The average Bonchev–Trinajstić information content (AvgIpc) is 2.43. The van der Waals surface area contributed by atoms with E-state index >= 15 is 0 Å². The molecule has 2 rings (SSSR count). The van der Waals surface area contributed by atoms with Crippen LogP contribution in [0.3, 0.4) is 0 Å². The standard InChI is InChI=1S/C12H5ClN4S/c13-12-10(9(6-14)7-15)11(16-18-17-12)8-4-2-1-3-5-8/h1-5H. The highest BCUT2D eigenvalue weighted by Gasteiger charge is 2.23. The van der Waals surface area contributed by atoms with E-state index < -0.39 is 0 Å². The van der Waals surface area contributed by atoms with Gasteiger partial charge >= 0.3 is 0 Å². The maximum atomic E-state index is 8.95. The first-order chi connectivity index (χ1) is 8.77. The van der Waals surface area contributed by atoms with Gasteiger partial charge in [0.25, 0.3) is 0 Å². The third kappa shape index (κ3) is 2.28. The van der Waals surface area contributed by atoms with Gasteiger partial charge in [-0.3, -0.25) is 0 Å². The number of hydrogen-bond donors (Lipinski definition) is 0. The van der Waals surface area contributed by atoms with Gasteiger partial charge in [0.05, 0.1) is 11.3 Å². The minimum absolute atomic E-state index is 0.0911. The molecule has 0 saturated heterocycles. The highest BCUT2D eigenvalue weighted by Crippen LogP contribution is 2.26. The number of nitrogens with zero attached hydrogens (tertiary/aromatic N) is 4. The third-order valence-electron chi connectivity index (χ3n) is 2.22. The Kier molecular flexibility index (Phi) is 3.78. The summed E-state index contributed by atoms with van der Waals surface area (Å²) in [5.41, 5.74) is 1.48. The lowest BCUT2D eigenvalue weighted by atomic mass is 9.99. The molecule has 1 aromatic carbocycles. The summed E-state index contributed by atoms with van der Waals surface area (Å²) in [6.45, 7) is 0. The second-order valence-electron chi connectivity index (χ2n) is 3.24. The van der Waals surface area contributed by atoms with Crippen molar-refractivity contribution in [1.82, 2.24) is 0 Å². The summed E-state index contributed by atoms with van der Waals surface area (Å²) in [6, 6.07) is 12.9. The lowest BCUT2D eigenvalue weighted by Gasteiger charge is -2.12. The Morgan fingerprint density at radius 2 is 1.78 bits per heavy atom. The molecule has 1 aromatic rings. The molecule has 0 aromatic heterocycles. The molecular formula is C12H5ClN4S. The molecule has 0 saturated carbocycles. The molecule has 0 N–H and O–H groups in total. The molecule has 0 bridgehead atoms. The van der Waals surface area contributed by atoms with Gasteiger partial charge in [-0.15, -0.1) is 0 Å². The smallest absolute Gasteiger partial charge is 0.150 e. The van der Waals surface area contributed by atoms with Crippen LogP contribution < -0.4 is 0 Å². The third-order valence-corrected chi connectivity index (χ3v) is 3.12. The van der Waals surface area contributed by atoms with Crippen molar-refractivity contribution in [2.24, 2.45) is 8.80 Å². The summed E-state index contributed by atoms with van der Waals surface area (Å²) < 4.78 is 8.00. The second kappa shape index (κ2) is 5.50. The van der Waals surface area contributed by atoms with Gasteiger partial charge in [0.2, 0.25) is 0 Å². The Morgan fingerprint density at radius 1 is 1.11 bits per heavy atom. The van der Waals surface area contributed by atoms with Crippen molar-refractivity contribution in [2.75, 3.05) is 0 Å². The van der Waals surface area contributed by atoms with Crippen LogP contribution >= 0.6 is 23.7 Å². The zero-order chi connectivity index (χ0) is 13.0. The van der Waals surface area contributed by atoms with Crippen LogP contribution in [0.15, 0.2) is 50.3 Å². The Labute approximate surface area is 113 Å². The highest BCUT2D eigenvalue weighted by molar-refractivity contribution is 7.97. The average molecular weight is 273 g/mol. The maximum Gasteiger partial charge on any atom is 0.150 e. The SMILES string of the molecule is N#CC(C#N)=C1C(Cl)=NSN=C1c1ccccc1. The molecule has 86 valence electrons. The van der Waals surface area contributed by atoms with E-state index in [-0.39, 0.29) is 16.3 Å². The normalized spacial score (nSPS) is 14.1. The Balaban J connectivity index is 2.62. The quantitative estimate of drug-likeness (QED) is 0.583. The topological polar surface area (TPSA) is 72.3 Å². The lowest BCUT2D eigenvalue weighted by molar-refractivity contribution is 1.45. The van der Waals surface area contributed by atoms with E-state index in [1.165, 1.54) is 0 Å². The van der Waals surface area contributed by atoms with Gasteiger partial charge in [-0.25, -0.2) is 0 Å². The summed E-state index contributed by atoms with van der Waals surface area (Å²) in [6.07, 6.45) is 0. The Bertz CT molecular complexity index is 631.